The predicted octanol–water partition coefficient (Wildman–Crippen LogP) is -1.89. The first-order chi connectivity index (χ1) is 16.1. The summed E-state index contributed by atoms with van der Waals surface area (Å²) in [5.41, 5.74) is -2.35. The summed E-state index contributed by atoms with van der Waals surface area (Å²) in [5.74, 6) is -4.07. The van der Waals surface area contributed by atoms with Crippen molar-refractivity contribution in [3.63, 3.8) is 0 Å². The highest BCUT2D eigenvalue weighted by atomic mass is 35.5. The number of aromatic amines is 1. The number of halogens is 1. The van der Waals surface area contributed by atoms with Gasteiger partial charge < -0.3 is 15.3 Å². The topological polar surface area (TPSA) is 193 Å². The van der Waals surface area contributed by atoms with Gasteiger partial charge in [-0.15, -0.1) is 23.4 Å². The van der Waals surface area contributed by atoms with Crippen LogP contribution in [0.5, 0.6) is 0 Å². The number of Topliss-reactive ketones (excluding diaryl/α,β-unsaturated/α-hetero) is 1. The summed E-state index contributed by atoms with van der Waals surface area (Å²) < 4.78 is 1.23. The summed E-state index contributed by atoms with van der Waals surface area (Å²) in [4.78, 5) is 80.9. The lowest BCUT2D eigenvalue weighted by atomic mass is 10.0. The highest BCUT2D eigenvalue weighted by Crippen LogP contribution is 2.41. The number of aliphatic carboxylic acids is 1. The molecule has 0 spiro atoms. The molecule has 1 aromatic rings. The van der Waals surface area contributed by atoms with Crippen LogP contribution >= 0.6 is 35.1 Å². The van der Waals surface area contributed by atoms with Crippen molar-refractivity contribution in [1.29, 1.82) is 0 Å². The van der Waals surface area contributed by atoms with Crippen molar-refractivity contribution >= 4 is 64.4 Å². The number of carboxylic acid groups (broad SMARTS) is 1. The number of ketones is 1. The minimum absolute atomic E-state index is 0.0728. The van der Waals surface area contributed by atoms with Crippen LogP contribution in [0.15, 0.2) is 31.2 Å². The molecular formula is C17H17ClN6O8S2. The number of carbonyl (C=O) groups is 4. The van der Waals surface area contributed by atoms with Gasteiger partial charge >= 0.3 is 17.1 Å². The third kappa shape index (κ3) is 4.88. The van der Waals surface area contributed by atoms with E-state index < -0.39 is 57.7 Å². The number of oxime groups is 1. The number of β-lactam (4-membered cyclic amide) rings is 1. The van der Waals surface area contributed by atoms with Gasteiger partial charge in [0.1, 0.15) is 24.2 Å². The minimum Gasteiger partial charge on any atom is -0.477 e. The Kier molecular flexibility index (Phi) is 7.83. The number of fused-ring (bicyclic) bond motifs is 1. The molecule has 17 heteroatoms. The standard InChI is InChI=1S/C17H17ClN6O8S2/c1-23-17(20-12(27)13(28)21-23)34-5-6-4-33-15-9(14(29)24(15)10(6)16(30)31)19-11(26)8(22-32-2)7(25)3-18/h9,15H,3-5H2,1-2H3,(H,19,26)(H,21,28)(H,30,31)/b22-8+. The summed E-state index contributed by atoms with van der Waals surface area (Å²) in [6.07, 6.45) is 0. The van der Waals surface area contributed by atoms with Crippen LogP contribution in [0.1, 0.15) is 0 Å². The molecular weight excluding hydrogens is 516 g/mol. The monoisotopic (exact) mass is 532 g/mol. The zero-order valence-electron chi connectivity index (χ0n) is 17.6. The van der Waals surface area contributed by atoms with Crippen molar-refractivity contribution in [2.24, 2.45) is 12.2 Å². The molecule has 1 aromatic heterocycles. The third-order valence-corrected chi connectivity index (χ3v) is 7.34. The van der Waals surface area contributed by atoms with Gasteiger partial charge in [-0.25, -0.2) is 4.79 Å². The molecule has 3 N–H and O–H groups in total. The number of alkyl halides is 1. The Labute approximate surface area is 203 Å². The fraction of sp³-hybridized carbons (Fsp3) is 0.412. The number of amides is 2. The number of aromatic nitrogens is 3. The molecule has 3 heterocycles. The number of hydrogen-bond acceptors (Lipinski definition) is 11. The molecule has 1 fully saturated rings. The van der Waals surface area contributed by atoms with E-state index in [0.717, 1.165) is 23.8 Å². The number of carbonyl (C=O) groups excluding carboxylic acids is 3. The number of nitrogens with zero attached hydrogens (tertiary/aromatic N) is 4. The molecule has 2 aliphatic heterocycles. The van der Waals surface area contributed by atoms with E-state index in [2.05, 4.69) is 25.4 Å². The largest absolute Gasteiger partial charge is 0.477 e. The van der Waals surface area contributed by atoms with Crippen molar-refractivity contribution in [2.75, 3.05) is 24.5 Å². The number of hydrogen-bond donors (Lipinski definition) is 3. The molecule has 0 radical (unpaired) electrons. The number of thioether (sulfide) groups is 2. The van der Waals surface area contributed by atoms with Gasteiger partial charge in [0.2, 0.25) is 11.5 Å². The van der Waals surface area contributed by atoms with Gasteiger partial charge in [-0.3, -0.25) is 38.7 Å². The van der Waals surface area contributed by atoms with Crippen molar-refractivity contribution in [1.82, 2.24) is 25.0 Å². The summed E-state index contributed by atoms with van der Waals surface area (Å²) in [6, 6.07) is -1.09. The Morgan fingerprint density at radius 3 is 2.71 bits per heavy atom. The van der Waals surface area contributed by atoms with Crippen LogP contribution in [-0.4, -0.2) is 90.0 Å². The molecule has 2 amide bonds. The highest BCUT2D eigenvalue weighted by Gasteiger charge is 2.54. The first kappa shape index (κ1) is 25.5. The Balaban J connectivity index is 1.78. The molecule has 2 unspecified atom stereocenters. The van der Waals surface area contributed by atoms with Gasteiger partial charge in [0.25, 0.3) is 11.8 Å². The summed E-state index contributed by atoms with van der Waals surface area (Å²) in [5, 5.41) is 17.2. The minimum atomic E-state index is -1.35. The molecule has 0 saturated carbocycles. The maximum absolute atomic E-state index is 12.7. The molecule has 0 aromatic carbocycles. The molecule has 0 aliphatic carbocycles. The molecule has 2 atom stereocenters. The van der Waals surface area contributed by atoms with Gasteiger partial charge in [0.15, 0.2) is 5.16 Å². The molecule has 34 heavy (non-hydrogen) atoms. The van der Waals surface area contributed by atoms with Gasteiger partial charge in [0.05, 0.1) is 5.88 Å². The highest BCUT2D eigenvalue weighted by molar-refractivity contribution is 8.01. The van der Waals surface area contributed by atoms with Gasteiger partial charge in [-0.2, -0.15) is 4.98 Å². The van der Waals surface area contributed by atoms with E-state index in [9.17, 15) is 33.9 Å². The van der Waals surface area contributed by atoms with Crippen LogP contribution in [0.3, 0.4) is 0 Å². The van der Waals surface area contributed by atoms with Crippen LogP contribution in [0.4, 0.5) is 0 Å². The first-order valence-electron chi connectivity index (χ1n) is 9.32. The van der Waals surface area contributed by atoms with Crippen LogP contribution in [0.2, 0.25) is 0 Å². The summed E-state index contributed by atoms with van der Waals surface area (Å²) >= 11 is 7.68. The second kappa shape index (κ2) is 10.4. The lowest BCUT2D eigenvalue weighted by Gasteiger charge is -2.49. The van der Waals surface area contributed by atoms with E-state index in [1.165, 1.54) is 23.5 Å². The zero-order chi connectivity index (χ0) is 25.2. The zero-order valence-corrected chi connectivity index (χ0v) is 20.0. The SMILES string of the molecule is CO/N=C(\C(=O)CCl)C(=O)NC1C(=O)N2C(C(=O)O)=C(CSc3nc(=O)c(=O)[nH]n3C)CSC12. The van der Waals surface area contributed by atoms with E-state index >= 15 is 0 Å². The lowest BCUT2D eigenvalue weighted by molar-refractivity contribution is -0.150. The summed E-state index contributed by atoms with van der Waals surface area (Å²) in [6.45, 7) is 0. The molecule has 2 aliphatic rings. The average Bonchev–Trinajstić information content (AvgIpc) is 2.80. The summed E-state index contributed by atoms with van der Waals surface area (Å²) in [7, 11) is 2.60. The van der Waals surface area contributed by atoms with E-state index in [-0.39, 0.29) is 22.4 Å². The quantitative estimate of drug-likeness (QED) is 0.0612. The molecule has 182 valence electrons. The van der Waals surface area contributed by atoms with Crippen molar-refractivity contribution in [3.05, 3.63) is 32.0 Å². The van der Waals surface area contributed by atoms with E-state index in [1.54, 1.807) is 0 Å². The lowest BCUT2D eigenvalue weighted by Crippen LogP contribution is -2.71. The fourth-order valence-electron chi connectivity index (χ4n) is 3.12. The smallest absolute Gasteiger partial charge is 0.352 e. The van der Waals surface area contributed by atoms with Crippen LogP contribution < -0.4 is 16.4 Å². The second-order valence-electron chi connectivity index (χ2n) is 6.79. The van der Waals surface area contributed by atoms with Crippen molar-refractivity contribution in [3.8, 4) is 0 Å². The van der Waals surface area contributed by atoms with E-state index in [1.807, 2.05) is 0 Å². The predicted molar refractivity (Wildman–Crippen MR) is 121 cm³/mol. The van der Waals surface area contributed by atoms with Gasteiger partial charge in [0, 0.05) is 18.6 Å². The van der Waals surface area contributed by atoms with Gasteiger partial charge in [-0.05, 0) is 5.57 Å². The number of H-pyrrole nitrogens is 1. The second-order valence-corrected chi connectivity index (χ2v) is 9.10. The molecule has 1 saturated heterocycles. The Hall–Kier alpha value is -3.11. The number of nitrogens with one attached hydrogen (secondary N) is 2. The maximum Gasteiger partial charge on any atom is 0.352 e. The average molecular weight is 533 g/mol. The first-order valence-corrected chi connectivity index (χ1v) is 11.9. The van der Waals surface area contributed by atoms with Crippen molar-refractivity contribution < 1.29 is 29.1 Å². The van der Waals surface area contributed by atoms with Crippen LogP contribution in [-0.2, 0) is 31.1 Å². The Morgan fingerprint density at radius 1 is 1.38 bits per heavy atom. The molecule has 3 rings (SSSR count). The fourth-order valence-corrected chi connectivity index (χ4v) is 5.65. The normalized spacial score (nSPS) is 19.9. The number of aryl methyl sites for hydroxylation is 1. The molecule has 14 nitrogen and oxygen atoms in total. The van der Waals surface area contributed by atoms with E-state index in [4.69, 9.17) is 11.6 Å². The van der Waals surface area contributed by atoms with Crippen LogP contribution in [0, 0.1) is 0 Å². The Morgan fingerprint density at radius 2 is 2.09 bits per heavy atom. The number of carboxylic acids is 1. The van der Waals surface area contributed by atoms with E-state index in [0.29, 0.717) is 5.57 Å². The molecule has 0 bridgehead atoms. The number of rotatable bonds is 9. The third-order valence-electron chi connectivity index (χ3n) is 4.64. The maximum atomic E-state index is 12.7. The van der Waals surface area contributed by atoms with Crippen LogP contribution in [0.25, 0.3) is 0 Å². The van der Waals surface area contributed by atoms with Gasteiger partial charge in [-0.1, -0.05) is 16.9 Å². The van der Waals surface area contributed by atoms with Crippen molar-refractivity contribution in [2.45, 2.75) is 16.6 Å². The Bertz CT molecular complexity index is 1240.